The number of hydrogen-bond acceptors (Lipinski definition) is 6. The van der Waals surface area contributed by atoms with Crippen LogP contribution in [0.4, 0.5) is 0 Å². The summed E-state index contributed by atoms with van der Waals surface area (Å²) in [5.41, 5.74) is 1.31. The highest BCUT2D eigenvalue weighted by Crippen LogP contribution is 2.20. The molecular formula is C17H15N3O4. The largest absolute Gasteiger partial charge is 0.496 e. The Morgan fingerprint density at radius 3 is 2.79 bits per heavy atom. The van der Waals surface area contributed by atoms with Gasteiger partial charge in [-0.15, -0.1) is 5.10 Å². The number of methoxy groups -OCH3 is 1. The maximum atomic E-state index is 12.3. The lowest BCUT2D eigenvalue weighted by atomic mass is 10.1. The van der Waals surface area contributed by atoms with Crippen molar-refractivity contribution in [1.29, 1.82) is 0 Å². The topological polar surface area (TPSA) is 83.3 Å². The third-order valence-corrected chi connectivity index (χ3v) is 3.52. The molecule has 0 fully saturated rings. The number of benzene rings is 2. The molecule has 0 aliphatic carbocycles. The van der Waals surface area contributed by atoms with Gasteiger partial charge in [0.05, 0.1) is 12.5 Å². The number of ether oxygens (including phenoxy) is 2. The molecule has 122 valence electrons. The third-order valence-electron chi connectivity index (χ3n) is 3.52. The van der Waals surface area contributed by atoms with Crippen LogP contribution in [0.15, 0.2) is 47.3 Å². The summed E-state index contributed by atoms with van der Waals surface area (Å²) in [6.45, 7) is 1.53. The van der Waals surface area contributed by atoms with Gasteiger partial charge in [-0.3, -0.25) is 4.79 Å². The number of fused-ring (bicyclic) bond motifs is 1. The van der Waals surface area contributed by atoms with Gasteiger partial charge in [0.15, 0.2) is 6.73 Å². The van der Waals surface area contributed by atoms with Crippen molar-refractivity contribution in [2.75, 3.05) is 7.11 Å². The van der Waals surface area contributed by atoms with Gasteiger partial charge >= 0.3 is 5.97 Å². The Kier molecular flexibility index (Phi) is 4.24. The van der Waals surface area contributed by atoms with E-state index in [1.165, 1.54) is 7.11 Å². The summed E-state index contributed by atoms with van der Waals surface area (Å²) in [5, 5.41) is 8.13. The molecule has 0 spiro atoms. The fraction of sp³-hybridized carbons (Fsp3) is 0.176. The summed E-state index contributed by atoms with van der Waals surface area (Å²) in [5.74, 6) is -0.194. The number of hydrogen-bond donors (Lipinski definition) is 0. The second-order valence-electron chi connectivity index (χ2n) is 5.18. The molecule has 7 nitrogen and oxygen atoms in total. The molecule has 0 bridgehead atoms. The third kappa shape index (κ3) is 2.96. The number of aromatic nitrogens is 3. The molecule has 1 aromatic heterocycles. The second-order valence-corrected chi connectivity index (χ2v) is 5.18. The summed E-state index contributed by atoms with van der Waals surface area (Å²) in [6.07, 6.45) is 0. The van der Waals surface area contributed by atoms with E-state index in [1.807, 2.05) is 13.0 Å². The second kappa shape index (κ2) is 6.49. The first-order chi connectivity index (χ1) is 11.6. The molecule has 0 unspecified atom stereocenters. The van der Waals surface area contributed by atoms with Crippen molar-refractivity contribution in [3.05, 3.63) is 63.9 Å². The molecular weight excluding hydrogens is 310 g/mol. The molecule has 3 rings (SSSR count). The van der Waals surface area contributed by atoms with E-state index in [0.717, 1.165) is 10.2 Å². The highest BCUT2D eigenvalue weighted by atomic mass is 16.5. The van der Waals surface area contributed by atoms with Gasteiger partial charge in [0.25, 0.3) is 5.56 Å². The molecule has 2 aromatic carbocycles. The van der Waals surface area contributed by atoms with Gasteiger partial charge in [0, 0.05) is 0 Å². The molecule has 1 heterocycles. The Bertz CT molecular complexity index is 965. The first-order valence-electron chi connectivity index (χ1n) is 7.24. The van der Waals surface area contributed by atoms with Gasteiger partial charge in [-0.05, 0) is 31.2 Å². The zero-order valence-corrected chi connectivity index (χ0v) is 13.2. The van der Waals surface area contributed by atoms with Crippen LogP contribution in [0.5, 0.6) is 5.75 Å². The van der Waals surface area contributed by atoms with Crippen LogP contribution in [0.3, 0.4) is 0 Å². The Hall–Kier alpha value is -3.22. The van der Waals surface area contributed by atoms with Crippen molar-refractivity contribution in [2.45, 2.75) is 13.7 Å². The van der Waals surface area contributed by atoms with Gasteiger partial charge in [-0.25, -0.2) is 4.79 Å². The Balaban J connectivity index is 1.84. The fourth-order valence-electron chi connectivity index (χ4n) is 2.29. The zero-order valence-electron chi connectivity index (χ0n) is 13.2. The number of carbonyl (C=O) groups is 1. The van der Waals surface area contributed by atoms with Crippen LogP contribution in [-0.4, -0.2) is 28.1 Å². The molecule has 0 radical (unpaired) electrons. The number of aryl methyl sites for hydroxylation is 1. The van der Waals surface area contributed by atoms with E-state index in [0.29, 0.717) is 22.2 Å². The molecule has 0 amide bonds. The van der Waals surface area contributed by atoms with Gasteiger partial charge in [-0.2, -0.15) is 4.68 Å². The quantitative estimate of drug-likeness (QED) is 0.682. The van der Waals surface area contributed by atoms with Crippen molar-refractivity contribution in [1.82, 2.24) is 15.0 Å². The Labute approximate surface area is 137 Å². The van der Waals surface area contributed by atoms with Crippen LogP contribution in [0, 0.1) is 6.92 Å². The van der Waals surface area contributed by atoms with Crippen LogP contribution < -0.4 is 10.3 Å². The van der Waals surface area contributed by atoms with Crippen molar-refractivity contribution in [3.63, 3.8) is 0 Å². The fourth-order valence-corrected chi connectivity index (χ4v) is 2.29. The van der Waals surface area contributed by atoms with Crippen LogP contribution in [0.1, 0.15) is 15.9 Å². The summed E-state index contributed by atoms with van der Waals surface area (Å²) in [4.78, 5) is 24.6. The summed E-state index contributed by atoms with van der Waals surface area (Å²) in [6, 6.07) is 12.0. The van der Waals surface area contributed by atoms with Crippen molar-refractivity contribution >= 4 is 16.9 Å². The average Bonchev–Trinajstić information content (AvgIpc) is 2.61. The van der Waals surface area contributed by atoms with Crippen molar-refractivity contribution in [3.8, 4) is 5.75 Å². The van der Waals surface area contributed by atoms with Gasteiger partial charge < -0.3 is 9.47 Å². The zero-order chi connectivity index (χ0) is 17.1. The summed E-state index contributed by atoms with van der Waals surface area (Å²) in [7, 11) is 1.47. The lowest BCUT2D eigenvalue weighted by Crippen LogP contribution is -2.26. The molecule has 0 N–H and O–H groups in total. The van der Waals surface area contributed by atoms with E-state index in [4.69, 9.17) is 9.47 Å². The predicted octanol–water partition coefficient (Wildman–Crippen LogP) is 1.92. The Morgan fingerprint density at radius 2 is 2.00 bits per heavy atom. The van der Waals surface area contributed by atoms with Crippen LogP contribution in [-0.2, 0) is 11.5 Å². The summed E-state index contributed by atoms with van der Waals surface area (Å²) >= 11 is 0. The lowest BCUT2D eigenvalue weighted by molar-refractivity contribution is 0.0332. The number of nitrogens with zero attached hydrogens (tertiary/aromatic N) is 3. The van der Waals surface area contributed by atoms with E-state index in [9.17, 15) is 9.59 Å². The number of rotatable bonds is 4. The normalized spacial score (nSPS) is 10.6. The molecule has 0 aliphatic heterocycles. The smallest absolute Gasteiger partial charge is 0.343 e. The first kappa shape index (κ1) is 15.7. The predicted molar refractivity (Wildman–Crippen MR) is 86.9 cm³/mol. The van der Waals surface area contributed by atoms with E-state index < -0.39 is 5.97 Å². The van der Waals surface area contributed by atoms with E-state index in [1.54, 1.807) is 36.4 Å². The highest BCUT2D eigenvalue weighted by molar-refractivity contribution is 5.92. The number of esters is 1. The van der Waals surface area contributed by atoms with E-state index in [2.05, 4.69) is 10.3 Å². The van der Waals surface area contributed by atoms with E-state index >= 15 is 0 Å². The lowest BCUT2D eigenvalue weighted by Gasteiger charge is -2.10. The molecule has 0 saturated carbocycles. The molecule has 0 atom stereocenters. The minimum atomic E-state index is -0.600. The molecule has 24 heavy (non-hydrogen) atoms. The average molecular weight is 325 g/mol. The monoisotopic (exact) mass is 325 g/mol. The molecule has 7 heteroatoms. The first-order valence-corrected chi connectivity index (χ1v) is 7.24. The van der Waals surface area contributed by atoms with E-state index in [-0.39, 0.29) is 12.3 Å². The van der Waals surface area contributed by atoms with Gasteiger partial charge in [0.1, 0.15) is 16.8 Å². The standard InChI is InChI=1S/C17H15N3O4/c1-11-7-8-15(23-2)13(9-11)17(22)24-10-20-16(21)12-5-3-4-6-14(12)18-19-20/h3-9H,10H2,1-2H3. The maximum Gasteiger partial charge on any atom is 0.343 e. The number of carbonyl (C=O) groups excluding carboxylic acids is 1. The minimum Gasteiger partial charge on any atom is -0.496 e. The SMILES string of the molecule is COc1ccc(C)cc1C(=O)OCn1nnc2ccccc2c1=O. The summed E-state index contributed by atoms with van der Waals surface area (Å²) < 4.78 is 11.3. The van der Waals surface area contributed by atoms with Crippen molar-refractivity contribution in [2.24, 2.45) is 0 Å². The Morgan fingerprint density at radius 1 is 1.21 bits per heavy atom. The van der Waals surface area contributed by atoms with Crippen molar-refractivity contribution < 1.29 is 14.3 Å². The minimum absolute atomic E-state index is 0.291. The van der Waals surface area contributed by atoms with Gasteiger partial charge in [-0.1, -0.05) is 29.0 Å². The van der Waals surface area contributed by atoms with Crippen LogP contribution in [0.2, 0.25) is 0 Å². The highest BCUT2D eigenvalue weighted by Gasteiger charge is 2.15. The van der Waals surface area contributed by atoms with Gasteiger partial charge in [0.2, 0.25) is 0 Å². The molecule has 3 aromatic rings. The van der Waals surface area contributed by atoms with Crippen LogP contribution in [0.25, 0.3) is 10.9 Å². The molecule has 0 saturated heterocycles. The maximum absolute atomic E-state index is 12.3. The van der Waals surface area contributed by atoms with Crippen LogP contribution >= 0.6 is 0 Å². The molecule has 0 aliphatic rings.